The van der Waals surface area contributed by atoms with E-state index < -0.39 is 0 Å². The monoisotopic (exact) mass is 201 g/mol. The zero-order chi connectivity index (χ0) is 9.38. The van der Waals surface area contributed by atoms with Crippen molar-refractivity contribution in [3.63, 3.8) is 0 Å². The Bertz CT molecular complexity index is 187. The van der Waals surface area contributed by atoms with Crippen molar-refractivity contribution in [2.45, 2.75) is 18.3 Å². The molecule has 0 aliphatic carbocycles. The highest BCUT2D eigenvalue weighted by Gasteiger charge is 2.32. The Hall–Kier alpha value is -0.200. The Morgan fingerprint density at radius 3 is 1.86 bits per heavy atom. The second kappa shape index (κ2) is 3.75. The van der Waals surface area contributed by atoms with Gasteiger partial charge in [0.1, 0.15) is 6.10 Å². The molecule has 0 radical (unpaired) electrons. The molecule has 0 N–H and O–H groups in total. The van der Waals surface area contributed by atoms with Gasteiger partial charge in [0.05, 0.1) is 51.7 Å². The Kier molecular flexibility index (Phi) is 2.43. The molecule has 3 aliphatic heterocycles. The summed E-state index contributed by atoms with van der Waals surface area (Å²) < 4.78 is 15.4. The van der Waals surface area contributed by atoms with E-state index >= 15 is 0 Å². The van der Waals surface area contributed by atoms with E-state index in [1.54, 1.807) is 0 Å². The fourth-order valence-electron chi connectivity index (χ4n) is 1.33. The molecule has 3 aliphatic rings. The van der Waals surface area contributed by atoms with Crippen LogP contribution in [-0.4, -0.2) is 62.9 Å². The SMILES string of the molecule is C1OC1CON(CC1CO1)CC1CO1. The standard InChI is InChI=1S/C9H15NO4/c1(7-3-11-7)10(2-8-4-12-8)14-6-9-5-13-9/h7-9H,1-6H2. The van der Waals surface area contributed by atoms with E-state index in [2.05, 4.69) is 0 Å². The molecule has 0 amide bonds. The largest absolute Gasteiger partial charge is 0.372 e. The van der Waals surface area contributed by atoms with Crippen molar-refractivity contribution in [3.8, 4) is 0 Å². The van der Waals surface area contributed by atoms with E-state index in [4.69, 9.17) is 19.0 Å². The highest BCUT2D eigenvalue weighted by atomic mass is 16.7. The van der Waals surface area contributed by atoms with Crippen LogP contribution in [0.25, 0.3) is 0 Å². The van der Waals surface area contributed by atoms with Crippen LogP contribution in [0.5, 0.6) is 0 Å². The van der Waals surface area contributed by atoms with Crippen LogP contribution in [0.15, 0.2) is 0 Å². The molecular formula is C9H15NO4. The van der Waals surface area contributed by atoms with E-state index in [1.165, 1.54) is 0 Å². The molecule has 0 bridgehead atoms. The van der Waals surface area contributed by atoms with Gasteiger partial charge in [-0.25, -0.2) is 0 Å². The van der Waals surface area contributed by atoms with E-state index in [1.807, 2.05) is 5.06 Å². The maximum atomic E-state index is 5.62. The van der Waals surface area contributed by atoms with Crippen molar-refractivity contribution in [2.24, 2.45) is 0 Å². The van der Waals surface area contributed by atoms with Gasteiger partial charge in [0.2, 0.25) is 0 Å². The zero-order valence-electron chi connectivity index (χ0n) is 8.05. The lowest BCUT2D eigenvalue weighted by Gasteiger charge is -2.19. The van der Waals surface area contributed by atoms with Crippen LogP contribution in [0.3, 0.4) is 0 Å². The van der Waals surface area contributed by atoms with Gasteiger partial charge in [0, 0.05) is 0 Å². The molecule has 80 valence electrons. The number of rotatable bonds is 7. The number of ether oxygens (including phenoxy) is 3. The van der Waals surface area contributed by atoms with Crippen LogP contribution in [0, 0.1) is 0 Å². The minimum Gasteiger partial charge on any atom is -0.372 e. The first-order chi connectivity index (χ1) is 6.90. The van der Waals surface area contributed by atoms with Crippen LogP contribution >= 0.6 is 0 Å². The molecule has 3 fully saturated rings. The van der Waals surface area contributed by atoms with Crippen molar-refractivity contribution in [1.29, 1.82) is 0 Å². The second-order valence-corrected chi connectivity index (χ2v) is 4.01. The van der Waals surface area contributed by atoms with E-state index in [9.17, 15) is 0 Å². The first-order valence-corrected chi connectivity index (χ1v) is 5.13. The molecular weight excluding hydrogens is 186 g/mol. The molecule has 5 heteroatoms. The minimum atomic E-state index is 0.317. The van der Waals surface area contributed by atoms with Crippen molar-refractivity contribution in [1.82, 2.24) is 5.06 Å². The number of hydroxylamine groups is 2. The van der Waals surface area contributed by atoms with Crippen LogP contribution in [-0.2, 0) is 19.0 Å². The Labute approximate surface area is 82.8 Å². The van der Waals surface area contributed by atoms with Crippen molar-refractivity contribution in [2.75, 3.05) is 39.5 Å². The van der Waals surface area contributed by atoms with Gasteiger partial charge in [0.25, 0.3) is 0 Å². The second-order valence-electron chi connectivity index (χ2n) is 4.01. The maximum absolute atomic E-state index is 5.62. The molecule has 3 saturated heterocycles. The van der Waals surface area contributed by atoms with Gasteiger partial charge in [-0.05, 0) is 0 Å². The number of hydrogen-bond donors (Lipinski definition) is 0. The molecule has 0 spiro atoms. The molecule has 3 unspecified atom stereocenters. The number of nitrogens with zero attached hydrogens (tertiary/aromatic N) is 1. The Morgan fingerprint density at radius 2 is 1.43 bits per heavy atom. The smallest absolute Gasteiger partial charge is 0.106 e. The number of hydrogen-bond acceptors (Lipinski definition) is 5. The maximum Gasteiger partial charge on any atom is 0.106 e. The fourth-order valence-corrected chi connectivity index (χ4v) is 1.33. The molecule has 0 aromatic rings. The predicted octanol–water partition coefficient (Wildman–Crippen LogP) is -0.584. The predicted molar refractivity (Wildman–Crippen MR) is 46.7 cm³/mol. The Balaban J connectivity index is 1.39. The molecule has 3 heterocycles. The topological polar surface area (TPSA) is 50.1 Å². The summed E-state index contributed by atoms with van der Waals surface area (Å²) in [5.41, 5.74) is 0. The van der Waals surface area contributed by atoms with Gasteiger partial charge in [-0.2, -0.15) is 5.06 Å². The van der Waals surface area contributed by atoms with Crippen molar-refractivity contribution >= 4 is 0 Å². The fraction of sp³-hybridized carbons (Fsp3) is 1.00. The average molecular weight is 201 g/mol. The first kappa shape index (κ1) is 9.06. The summed E-state index contributed by atoms with van der Waals surface area (Å²) in [5.74, 6) is 0. The quantitative estimate of drug-likeness (QED) is 0.407. The van der Waals surface area contributed by atoms with Crippen molar-refractivity contribution < 1.29 is 19.0 Å². The Morgan fingerprint density at radius 1 is 0.929 bits per heavy atom. The summed E-state index contributed by atoms with van der Waals surface area (Å²) in [7, 11) is 0. The third-order valence-electron chi connectivity index (χ3n) is 2.46. The van der Waals surface area contributed by atoms with Crippen LogP contribution < -0.4 is 0 Å². The van der Waals surface area contributed by atoms with Gasteiger partial charge in [-0.3, -0.25) is 4.84 Å². The summed E-state index contributed by atoms with van der Waals surface area (Å²) in [6.07, 6.45) is 1.06. The molecule has 5 nitrogen and oxygen atoms in total. The number of epoxide rings is 3. The van der Waals surface area contributed by atoms with Gasteiger partial charge < -0.3 is 14.2 Å². The van der Waals surface area contributed by atoms with Crippen LogP contribution in [0.2, 0.25) is 0 Å². The lowest BCUT2D eigenvalue weighted by atomic mass is 10.4. The molecule has 3 rings (SSSR count). The molecule has 0 saturated carbocycles. The van der Waals surface area contributed by atoms with Gasteiger partial charge in [-0.1, -0.05) is 0 Å². The normalized spacial score (nSPS) is 38.8. The summed E-state index contributed by atoms with van der Waals surface area (Å²) in [6.45, 7) is 4.95. The average Bonchev–Trinajstić information content (AvgIpc) is 2.92. The molecule has 14 heavy (non-hydrogen) atoms. The molecule has 3 atom stereocenters. The summed E-state index contributed by atoms with van der Waals surface area (Å²) >= 11 is 0. The summed E-state index contributed by atoms with van der Waals surface area (Å²) in [6, 6.07) is 0. The van der Waals surface area contributed by atoms with Gasteiger partial charge >= 0.3 is 0 Å². The van der Waals surface area contributed by atoms with Gasteiger partial charge in [0.15, 0.2) is 0 Å². The lowest BCUT2D eigenvalue weighted by Crippen LogP contribution is -2.33. The van der Waals surface area contributed by atoms with Crippen molar-refractivity contribution in [3.05, 3.63) is 0 Å². The molecule has 0 aromatic heterocycles. The summed E-state index contributed by atoms with van der Waals surface area (Å²) in [5, 5.41) is 1.96. The highest BCUT2D eigenvalue weighted by Crippen LogP contribution is 2.17. The van der Waals surface area contributed by atoms with Crippen LogP contribution in [0.1, 0.15) is 0 Å². The minimum absolute atomic E-state index is 0.317. The first-order valence-electron chi connectivity index (χ1n) is 5.13. The third-order valence-corrected chi connectivity index (χ3v) is 2.46. The lowest BCUT2D eigenvalue weighted by molar-refractivity contribution is -0.167. The van der Waals surface area contributed by atoms with Crippen LogP contribution in [0.4, 0.5) is 0 Å². The highest BCUT2D eigenvalue weighted by molar-refractivity contribution is 4.77. The van der Waals surface area contributed by atoms with E-state index in [0.717, 1.165) is 32.9 Å². The third kappa shape index (κ3) is 2.90. The summed E-state index contributed by atoms with van der Waals surface area (Å²) in [4.78, 5) is 5.62. The zero-order valence-corrected chi connectivity index (χ0v) is 8.05. The molecule has 0 aromatic carbocycles. The van der Waals surface area contributed by atoms with E-state index in [0.29, 0.717) is 24.9 Å². The van der Waals surface area contributed by atoms with Gasteiger partial charge in [-0.15, -0.1) is 0 Å². The van der Waals surface area contributed by atoms with E-state index in [-0.39, 0.29) is 0 Å².